The fourth-order valence-corrected chi connectivity index (χ4v) is 4.12. The second-order valence-corrected chi connectivity index (χ2v) is 9.36. The number of hydrogen-bond donors (Lipinski definition) is 0. The van der Waals surface area contributed by atoms with Crippen molar-refractivity contribution < 1.29 is 23.8 Å². The summed E-state index contributed by atoms with van der Waals surface area (Å²) in [5, 5.41) is 5.35. The molecule has 1 aliphatic heterocycles. The molecule has 3 aromatic rings. The number of methoxy groups -OCH3 is 1. The van der Waals surface area contributed by atoms with Gasteiger partial charge in [-0.15, -0.1) is 0 Å². The van der Waals surface area contributed by atoms with E-state index in [-0.39, 0.29) is 12.6 Å². The van der Waals surface area contributed by atoms with Crippen LogP contribution in [-0.2, 0) is 23.8 Å². The van der Waals surface area contributed by atoms with Gasteiger partial charge in [-0.2, -0.15) is 5.10 Å². The Morgan fingerprint density at radius 2 is 1.94 bits per heavy atom. The second kappa shape index (κ2) is 9.89. The van der Waals surface area contributed by atoms with Crippen LogP contribution in [0.2, 0.25) is 0 Å². The van der Waals surface area contributed by atoms with Crippen LogP contribution in [0.1, 0.15) is 64.2 Å². The van der Waals surface area contributed by atoms with Crippen LogP contribution in [0.5, 0.6) is 0 Å². The van der Waals surface area contributed by atoms with Gasteiger partial charge in [0, 0.05) is 12.2 Å². The average molecular weight is 467 g/mol. The van der Waals surface area contributed by atoms with Crippen molar-refractivity contribution >= 4 is 23.0 Å². The van der Waals surface area contributed by atoms with E-state index in [9.17, 15) is 9.59 Å². The minimum Gasteiger partial charge on any atom is -0.469 e. The van der Waals surface area contributed by atoms with Crippen molar-refractivity contribution in [3.05, 3.63) is 42.4 Å². The molecule has 9 heteroatoms. The lowest BCUT2D eigenvalue weighted by atomic mass is 9.94. The van der Waals surface area contributed by atoms with Gasteiger partial charge in [0.05, 0.1) is 36.7 Å². The molecule has 1 saturated heterocycles. The summed E-state index contributed by atoms with van der Waals surface area (Å²) in [6.45, 7) is 6.09. The third-order valence-electron chi connectivity index (χ3n) is 5.68. The quantitative estimate of drug-likeness (QED) is 0.498. The molecule has 0 aliphatic carbocycles. The first-order valence-electron chi connectivity index (χ1n) is 11.5. The Morgan fingerprint density at radius 1 is 1.18 bits per heavy atom. The summed E-state index contributed by atoms with van der Waals surface area (Å²) in [7, 11) is 1.31. The number of aromatic nitrogens is 4. The van der Waals surface area contributed by atoms with E-state index in [1.165, 1.54) is 13.4 Å². The Kier molecular flexibility index (Phi) is 6.92. The predicted molar refractivity (Wildman–Crippen MR) is 125 cm³/mol. The number of rotatable bonds is 6. The Bertz CT molecular complexity index is 1160. The molecule has 2 atom stereocenters. The lowest BCUT2D eigenvalue weighted by Gasteiger charge is -2.23. The van der Waals surface area contributed by atoms with E-state index in [0.29, 0.717) is 5.56 Å². The zero-order chi connectivity index (χ0) is 24.3. The molecule has 2 unspecified atom stereocenters. The van der Waals surface area contributed by atoms with Crippen molar-refractivity contribution in [3.63, 3.8) is 0 Å². The van der Waals surface area contributed by atoms with E-state index in [1.54, 1.807) is 27.0 Å². The summed E-state index contributed by atoms with van der Waals surface area (Å²) in [6.07, 6.45) is 6.11. The molecule has 0 spiro atoms. The molecule has 34 heavy (non-hydrogen) atoms. The summed E-state index contributed by atoms with van der Waals surface area (Å²) < 4.78 is 18.0. The van der Waals surface area contributed by atoms with Gasteiger partial charge in [0.15, 0.2) is 11.9 Å². The molecule has 1 fully saturated rings. The van der Waals surface area contributed by atoms with Gasteiger partial charge in [0.2, 0.25) is 0 Å². The maximum Gasteiger partial charge on any atom is 0.313 e. The van der Waals surface area contributed by atoms with Crippen LogP contribution >= 0.6 is 0 Å². The van der Waals surface area contributed by atoms with Gasteiger partial charge in [-0.1, -0.05) is 24.3 Å². The maximum atomic E-state index is 12.4. The average Bonchev–Trinajstić information content (AvgIpc) is 3.26. The molecule has 180 valence electrons. The zero-order valence-corrected chi connectivity index (χ0v) is 20.0. The largest absolute Gasteiger partial charge is 0.469 e. The Balaban J connectivity index is 1.60. The van der Waals surface area contributed by atoms with Crippen LogP contribution in [-0.4, -0.2) is 51.0 Å². The van der Waals surface area contributed by atoms with Crippen molar-refractivity contribution in [2.75, 3.05) is 13.7 Å². The lowest BCUT2D eigenvalue weighted by Crippen LogP contribution is -2.27. The number of esters is 2. The normalized spacial score (nSPS) is 17.4. The van der Waals surface area contributed by atoms with Crippen LogP contribution in [0.4, 0.5) is 0 Å². The third kappa shape index (κ3) is 5.25. The van der Waals surface area contributed by atoms with Crippen LogP contribution in [0.15, 0.2) is 36.8 Å². The first-order chi connectivity index (χ1) is 16.3. The topological polar surface area (TPSA) is 105 Å². The molecule has 0 bridgehead atoms. The van der Waals surface area contributed by atoms with Gasteiger partial charge in [-0.3, -0.25) is 9.59 Å². The predicted octanol–water partition coefficient (Wildman–Crippen LogP) is 4.18. The maximum absolute atomic E-state index is 12.4. The SMILES string of the molecule is COC(=O)C(CC(=O)OC(C)(C)C)c1ccc(-c2ncnc3c2cnn3C2CCCCO2)cc1. The molecule has 2 aromatic heterocycles. The molecule has 0 radical (unpaired) electrons. The Hall–Kier alpha value is -3.33. The highest BCUT2D eigenvalue weighted by Gasteiger charge is 2.28. The molecule has 3 heterocycles. The molecule has 4 rings (SSSR count). The highest BCUT2D eigenvalue weighted by atomic mass is 16.6. The van der Waals surface area contributed by atoms with Gasteiger partial charge < -0.3 is 14.2 Å². The Morgan fingerprint density at radius 3 is 2.59 bits per heavy atom. The number of benzene rings is 1. The van der Waals surface area contributed by atoms with Crippen molar-refractivity contribution in [1.82, 2.24) is 19.7 Å². The first-order valence-corrected chi connectivity index (χ1v) is 11.5. The minimum atomic E-state index is -0.759. The van der Waals surface area contributed by atoms with Crippen molar-refractivity contribution in [1.29, 1.82) is 0 Å². The lowest BCUT2D eigenvalue weighted by molar-refractivity contribution is -0.158. The second-order valence-electron chi connectivity index (χ2n) is 9.36. The number of fused-ring (bicyclic) bond motifs is 1. The van der Waals surface area contributed by atoms with Gasteiger partial charge in [-0.25, -0.2) is 14.6 Å². The van der Waals surface area contributed by atoms with Gasteiger partial charge in [-0.05, 0) is 45.6 Å². The van der Waals surface area contributed by atoms with Crippen LogP contribution in [0.3, 0.4) is 0 Å². The highest BCUT2D eigenvalue weighted by Crippen LogP contribution is 2.31. The number of ether oxygens (including phenoxy) is 3. The van der Waals surface area contributed by atoms with Crippen LogP contribution in [0, 0.1) is 0 Å². The molecule has 9 nitrogen and oxygen atoms in total. The zero-order valence-electron chi connectivity index (χ0n) is 20.0. The summed E-state index contributed by atoms with van der Waals surface area (Å²) in [6, 6.07) is 7.36. The highest BCUT2D eigenvalue weighted by molar-refractivity contribution is 5.90. The molecule has 0 saturated carbocycles. The van der Waals surface area contributed by atoms with Gasteiger partial charge >= 0.3 is 11.9 Å². The molecular formula is C25H30N4O5. The monoisotopic (exact) mass is 466 g/mol. The number of carbonyl (C=O) groups excluding carboxylic acids is 2. The fraction of sp³-hybridized carbons (Fsp3) is 0.480. The number of nitrogens with zero attached hydrogens (tertiary/aromatic N) is 4. The first kappa shape index (κ1) is 23.8. The Labute approximate surface area is 198 Å². The number of hydrogen-bond acceptors (Lipinski definition) is 8. The van der Waals surface area contributed by atoms with Crippen molar-refractivity contribution in [3.8, 4) is 11.3 Å². The van der Waals surface area contributed by atoms with Crippen molar-refractivity contribution in [2.45, 2.75) is 64.2 Å². The molecule has 0 amide bonds. The fourth-order valence-electron chi connectivity index (χ4n) is 4.12. The van der Waals surface area contributed by atoms with Crippen LogP contribution < -0.4 is 0 Å². The van der Waals surface area contributed by atoms with Crippen molar-refractivity contribution in [2.24, 2.45) is 0 Å². The standard InChI is InChI=1S/C25H30N4O5/c1-25(2,3)34-21(30)13-18(24(31)32-4)16-8-10-17(11-9-16)22-19-14-28-29(23(19)27-15-26-22)20-7-5-6-12-33-20/h8-11,14-15,18,20H,5-7,12-13H2,1-4H3. The molecule has 1 aliphatic rings. The smallest absolute Gasteiger partial charge is 0.313 e. The summed E-state index contributed by atoms with van der Waals surface area (Å²) >= 11 is 0. The molecular weight excluding hydrogens is 436 g/mol. The number of carbonyl (C=O) groups is 2. The third-order valence-corrected chi connectivity index (χ3v) is 5.68. The van der Waals surface area contributed by atoms with E-state index < -0.39 is 23.5 Å². The van der Waals surface area contributed by atoms with E-state index in [2.05, 4.69) is 15.1 Å². The summed E-state index contributed by atoms with van der Waals surface area (Å²) in [4.78, 5) is 33.7. The minimum absolute atomic E-state index is 0.102. The van der Waals surface area contributed by atoms with Gasteiger partial charge in [0.25, 0.3) is 0 Å². The van der Waals surface area contributed by atoms with Gasteiger partial charge in [0.1, 0.15) is 11.9 Å². The van der Waals surface area contributed by atoms with E-state index >= 15 is 0 Å². The van der Waals surface area contributed by atoms with E-state index in [4.69, 9.17) is 14.2 Å². The van der Waals surface area contributed by atoms with Crippen LogP contribution in [0.25, 0.3) is 22.3 Å². The van der Waals surface area contributed by atoms with E-state index in [0.717, 1.165) is 48.2 Å². The summed E-state index contributed by atoms with van der Waals surface area (Å²) in [5.74, 6) is -1.70. The summed E-state index contributed by atoms with van der Waals surface area (Å²) in [5.41, 5.74) is 2.34. The molecule has 0 N–H and O–H groups in total. The molecule has 1 aromatic carbocycles. The van der Waals surface area contributed by atoms with E-state index in [1.807, 2.05) is 28.9 Å².